The van der Waals surface area contributed by atoms with Crippen LogP contribution < -0.4 is 10.2 Å². The summed E-state index contributed by atoms with van der Waals surface area (Å²) in [5.41, 5.74) is 1.08. The number of carbonyl (C=O) groups is 2. The topological polar surface area (TPSA) is 88.1 Å². The smallest absolute Gasteiger partial charge is 0.416 e. The lowest BCUT2D eigenvalue weighted by Crippen LogP contribution is -2.47. The summed E-state index contributed by atoms with van der Waals surface area (Å²) in [7, 11) is 0. The van der Waals surface area contributed by atoms with Gasteiger partial charge in [0, 0.05) is 24.3 Å². The normalized spacial score (nSPS) is 20.0. The molecule has 0 saturated carbocycles. The first-order valence-corrected chi connectivity index (χ1v) is 10.9. The first-order valence-electron chi connectivity index (χ1n) is 10.9. The van der Waals surface area contributed by atoms with E-state index in [-0.39, 0.29) is 24.6 Å². The first-order chi connectivity index (χ1) is 16.1. The Labute approximate surface area is 194 Å². The Morgan fingerprint density at radius 2 is 1.88 bits per heavy atom. The van der Waals surface area contributed by atoms with Crippen molar-refractivity contribution in [2.75, 3.05) is 19.8 Å². The van der Waals surface area contributed by atoms with E-state index >= 15 is 0 Å². The van der Waals surface area contributed by atoms with Gasteiger partial charge in [0.25, 0.3) is 5.91 Å². The number of fused-ring (bicyclic) bond motifs is 1. The van der Waals surface area contributed by atoms with Crippen molar-refractivity contribution in [1.82, 2.24) is 10.4 Å². The molecular formula is C24H25F3N2O5. The number of halogens is 3. The Kier molecular flexibility index (Phi) is 6.55. The zero-order chi connectivity index (χ0) is 24.5. The van der Waals surface area contributed by atoms with E-state index in [1.165, 1.54) is 18.2 Å². The predicted molar refractivity (Wildman–Crippen MR) is 114 cm³/mol. The second kappa shape index (κ2) is 9.27. The van der Waals surface area contributed by atoms with Gasteiger partial charge in [-0.3, -0.25) is 14.8 Å². The highest BCUT2D eigenvalue weighted by Crippen LogP contribution is 2.40. The molecule has 2 aromatic carbocycles. The highest BCUT2D eigenvalue weighted by atomic mass is 19.4. The molecule has 2 aliphatic heterocycles. The van der Waals surface area contributed by atoms with Crippen molar-refractivity contribution in [3.05, 3.63) is 64.7 Å². The molecule has 7 nitrogen and oxygen atoms in total. The second-order valence-electron chi connectivity index (χ2n) is 8.82. The number of benzene rings is 2. The zero-order valence-electron chi connectivity index (χ0n) is 18.5. The van der Waals surface area contributed by atoms with Crippen molar-refractivity contribution < 1.29 is 37.4 Å². The molecule has 1 atom stereocenters. The Morgan fingerprint density at radius 3 is 2.56 bits per heavy atom. The summed E-state index contributed by atoms with van der Waals surface area (Å²) >= 11 is 0. The molecule has 0 aliphatic carbocycles. The summed E-state index contributed by atoms with van der Waals surface area (Å²) in [6, 6.07) is 8.65. The highest BCUT2D eigenvalue weighted by Gasteiger charge is 2.42. The summed E-state index contributed by atoms with van der Waals surface area (Å²) in [5.74, 6) is -0.593. The Balaban J connectivity index is 1.75. The van der Waals surface area contributed by atoms with E-state index in [4.69, 9.17) is 14.7 Å². The van der Waals surface area contributed by atoms with E-state index in [1.54, 1.807) is 22.5 Å². The predicted octanol–water partition coefficient (Wildman–Crippen LogP) is 4.10. The van der Waals surface area contributed by atoms with E-state index in [2.05, 4.69) is 0 Å². The van der Waals surface area contributed by atoms with Crippen molar-refractivity contribution in [3.63, 3.8) is 0 Å². The number of rotatable bonds is 3. The lowest BCUT2D eigenvalue weighted by molar-refractivity contribution is -0.150. The van der Waals surface area contributed by atoms with Crippen molar-refractivity contribution in [2.45, 2.75) is 38.5 Å². The highest BCUT2D eigenvalue weighted by molar-refractivity contribution is 5.94. The summed E-state index contributed by atoms with van der Waals surface area (Å²) < 4.78 is 51.6. The number of nitrogens with one attached hydrogen (secondary N) is 1. The quantitative estimate of drug-likeness (QED) is 0.512. The molecule has 2 heterocycles. The van der Waals surface area contributed by atoms with Gasteiger partial charge in [-0.05, 0) is 42.7 Å². The molecule has 2 aromatic rings. The van der Waals surface area contributed by atoms with E-state index in [1.807, 2.05) is 6.92 Å². The first kappa shape index (κ1) is 24.0. The zero-order valence-corrected chi connectivity index (χ0v) is 18.5. The third-order valence-corrected chi connectivity index (χ3v) is 6.52. The minimum atomic E-state index is -4.53. The van der Waals surface area contributed by atoms with Gasteiger partial charge in [0.2, 0.25) is 5.91 Å². The van der Waals surface area contributed by atoms with Crippen LogP contribution in [0.3, 0.4) is 0 Å². The van der Waals surface area contributed by atoms with Crippen LogP contribution in [-0.2, 0) is 22.3 Å². The Morgan fingerprint density at radius 1 is 1.15 bits per heavy atom. The molecule has 34 heavy (non-hydrogen) atoms. The number of carbonyl (C=O) groups excluding carboxylic acids is 2. The van der Waals surface area contributed by atoms with Gasteiger partial charge >= 0.3 is 6.18 Å². The molecule has 0 aromatic heterocycles. The SMILES string of the molecule is CC1(C(=O)N2Cc3ccc(C(=O)NO)cc3OCC2c2cccc(C(F)(F)F)c2)CCOCC1. The summed E-state index contributed by atoms with van der Waals surface area (Å²) in [6.45, 7) is 2.69. The molecule has 10 heteroatoms. The van der Waals surface area contributed by atoms with Gasteiger partial charge in [-0.1, -0.05) is 25.1 Å². The van der Waals surface area contributed by atoms with Crippen molar-refractivity contribution >= 4 is 11.8 Å². The number of alkyl halides is 3. The lowest BCUT2D eigenvalue weighted by Gasteiger charge is -2.39. The number of hydroxylamine groups is 1. The van der Waals surface area contributed by atoms with Crippen LogP contribution in [0, 0.1) is 5.41 Å². The van der Waals surface area contributed by atoms with Crippen LogP contribution >= 0.6 is 0 Å². The van der Waals surface area contributed by atoms with Crippen LogP contribution in [-0.4, -0.2) is 41.7 Å². The molecule has 0 bridgehead atoms. The van der Waals surface area contributed by atoms with Gasteiger partial charge < -0.3 is 14.4 Å². The molecule has 1 unspecified atom stereocenters. The molecule has 182 valence electrons. The largest absolute Gasteiger partial charge is 0.491 e. The summed E-state index contributed by atoms with van der Waals surface area (Å²) in [5, 5.41) is 8.92. The van der Waals surface area contributed by atoms with E-state index in [0.717, 1.165) is 12.1 Å². The van der Waals surface area contributed by atoms with Gasteiger partial charge in [-0.25, -0.2) is 5.48 Å². The number of ether oxygens (including phenoxy) is 2. The maximum absolute atomic E-state index is 13.8. The summed E-state index contributed by atoms with van der Waals surface area (Å²) in [4.78, 5) is 27.2. The molecule has 0 radical (unpaired) electrons. The van der Waals surface area contributed by atoms with Crippen LogP contribution in [0.2, 0.25) is 0 Å². The molecule has 1 saturated heterocycles. The van der Waals surface area contributed by atoms with Gasteiger partial charge in [-0.2, -0.15) is 13.2 Å². The minimum absolute atomic E-state index is 0.0898. The van der Waals surface area contributed by atoms with Gasteiger partial charge in [0.15, 0.2) is 0 Å². The summed E-state index contributed by atoms with van der Waals surface area (Å²) in [6.07, 6.45) is -3.53. The molecular weight excluding hydrogens is 453 g/mol. The third-order valence-electron chi connectivity index (χ3n) is 6.52. The molecule has 2 N–H and O–H groups in total. The Bertz CT molecular complexity index is 1080. The number of amides is 2. The molecule has 0 spiro atoms. The maximum Gasteiger partial charge on any atom is 0.416 e. The van der Waals surface area contributed by atoms with Crippen molar-refractivity contribution in [2.24, 2.45) is 5.41 Å². The average Bonchev–Trinajstić information content (AvgIpc) is 3.02. The van der Waals surface area contributed by atoms with E-state index in [9.17, 15) is 22.8 Å². The molecule has 4 rings (SSSR count). The fourth-order valence-corrected chi connectivity index (χ4v) is 4.37. The van der Waals surface area contributed by atoms with E-state index in [0.29, 0.717) is 42.9 Å². The third kappa shape index (κ3) is 4.74. The fourth-order valence-electron chi connectivity index (χ4n) is 4.37. The minimum Gasteiger partial charge on any atom is -0.491 e. The van der Waals surface area contributed by atoms with Gasteiger partial charge in [-0.15, -0.1) is 0 Å². The van der Waals surface area contributed by atoms with Gasteiger partial charge in [0.05, 0.1) is 23.6 Å². The fraction of sp³-hybridized carbons (Fsp3) is 0.417. The molecule has 2 amide bonds. The van der Waals surface area contributed by atoms with Crippen LogP contribution in [0.1, 0.15) is 52.9 Å². The van der Waals surface area contributed by atoms with Crippen LogP contribution in [0.25, 0.3) is 0 Å². The van der Waals surface area contributed by atoms with Gasteiger partial charge in [0.1, 0.15) is 12.4 Å². The van der Waals surface area contributed by atoms with Crippen molar-refractivity contribution in [1.29, 1.82) is 0 Å². The lowest BCUT2D eigenvalue weighted by atomic mass is 9.80. The molecule has 2 aliphatic rings. The number of nitrogens with zero attached hydrogens (tertiary/aromatic N) is 1. The molecule has 1 fully saturated rings. The van der Waals surface area contributed by atoms with Crippen LogP contribution in [0.15, 0.2) is 42.5 Å². The Hall–Kier alpha value is -3.11. The number of hydrogen-bond donors (Lipinski definition) is 2. The standard InChI is InChI=1S/C24H25F3N2O5/c1-23(7-9-33-10-8-23)22(31)29-13-17-6-5-16(21(30)28-32)12-20(17)34-14-19(29)15-3-2-4-18(11-15)24(25,26)27/h2-6,11-12,19,32H,7-10,13-14H2,1H3,(H,28,30). The van der Waals surface area contributed by atoms with Crippen LogP contribution in [0.4, 0.5) is 13.2 Å². The average molecular weight is 478 g/mol. The van der Waals surface area contributed by atoms with Crippen molar-refractivity contribution in [3.8, 4) is 5.75 Å². The van der Waals surface area contributed by atoms with E-state index < -0.39 is 29.1 Å². The van der Waals surface area contributed by atoms with Crippen LogP contribution in [0.5, 0.6) is 5.75 Å². The number of hydrogen-bond acceptors (Lipinski definition) is 5. The monoisotopic (exact) mass is 478 g/mol. The maximum atomic E-state index is 13.8. The second-order valence-corrected chi connectivity index (χ2v) is 8.82.